The van der Waals surface area contributed by atoms with Crippen molar-refractivity contribution in [3.05, 3.63) is 22.0 Å². The SMILES string of the molecule is CC(C)(C)Nc1cc(-c2ccc(Br)s2)[nH]n1. The summed E-state index contributed by atoms with van der Waals surface area (Å²) in [6, 6.07) is 6.14. The lowest BCUT2D eigenvalue weighted by Crippen LogP contribution is -2.26. The maximum atomic E-state index is 4.24. The summed E-state index contributed by atoms with van der Waals surface area (Å²) in [5.41, 5.74) is 1.07. The van der Waals surface area contributed by atoms with Crippen LogP contribution < -0.4 is 5.32 Å². The second-order valence-corrected chi connectivity index (χ2v) is 7.11. The van der Waals surface area contributed by atoms with Crippen molar-refractivity contribution in [3.63, 3.8) is 0 Å². The fraction of sp³-hybridized carbons (Fsp3) is 0.364. The Labute approximate surface area is 107 Å². The Morgan fingerprint density at radius 2 is 2.12 bits per heavy atom. The second-order valence-electron chi connectivity index (χ2n) is 4.65. The number of nitrogens with zero attached hydrogens (tertiary/aromatic N) is 1. The predicted molar refractivity (Wildman–Crippen MR) is 73.0 cm³/mol. The van der Waals surface area contributed by atoms with Gasteiger partial charge in [-0.2, -0.15) is 5.10 Å². The minimum absolute atomic E-state index is 0.0303. The average Bonchev–Trinajstić information content (AvgIpc) is 2.71. The van der Waals surface area contributed by atoms with Crippen molar-refractivity contribution in [2.75, 3.05) is 5.32 Å². The molecule has 0 saturated heterocycles. The highest BCUT2D eigenvalue weighted by molar-refractivity contribution is 9.11. The molecule has 0 aliphatic heterocycles. The fourth-order valence-corrected chi connectivity index (χ4v) is 2.71. The number of thiophene rings is 1. The van der Waals surface area contributed by atoms with Crippen LogP contribution in [0.3, 0.4) is 0 Å². The van der Waals surface area contributed by atoms with Crippen LogP contribution in [0, 0.1) is 0 Å². The molecule has 0 saturated carbocycles. The lowest BCUT2D eigenvalue weighted by Gasteiger charge is -2.19. The summed E-state index contributed by atoms with van der Waals surface area (Å²) >= 11 is 5.14. The van der Waals surface area contributed by atoms with Crippen molar-refractivity contribution in [2.45, 2.75) is 26.3 Å². The quantitative estimate of drug-likeness (QED) is 0.876. The van der Waals surface area contributed by atoms with Crippen LogP contribution in [0.15, 0.2) is 22.0 Å². The van der Waals surface area contributed by atoms with Gasteiger partial charge in [-0.1, -0.05) is 0 Å². The van der Waals surface area contributed by atoms with Crippen molar-refractivity contribution in [3.8, 4) is 10.6 Å². The molecule has 86 valence electrons. The fourth-order valence-electron chi connectivity index (χ4n) is 1.36. The van der Waals surface area contributed by atoms with Crippen molar-refractivity contribution in [2.24, 2.45) is 0 Å². The van der Waals surface area contributed by atoms with Crippen molar-refractivity contribution in [1.82, 2.24) is 10.2 Å². The topological polar surface area (TPSA) is 40.7 Å². The number of aromatic amines is 1. The third kappa shape index (κ3) is 2.86. The first-order chi connectivity index (χ1) is 7.44. The number of aromatic nitrogens is 2. The molecule has 2 aromatic rings. The first-order valence-corrected chi connectivity index (χ1v) is 6.64. The number of H-pyrrole nitrogens is 1. The maximum Gasteiger partial charge on any atom is 0.148 e. The molecule has 0 atom stereocenters. The van der Waals surface area contributed by atoms with E-state index in [0.717, 1.165) is 15.3 Å². The van der Waals surface area contributed by atoms with Crippen LogP contribution in [0.5, 0.6) is 0 Å². The van der Waals surface area contributed by atoms with Crippen LogP contribution in [0.4, 0.5) is 5.82 Å². The van der Waals surface area contributed by atoms with E-state index < -0.39 is 0 Å². The zero-order valence-corrected chi connectivity index (χ0v) is 11.9. The standard InChI is InChI=1S/C11H14BrN3S/c1-11(2,3)13-10-6-7(14-15-10)8-4-5-9(12)16-8/h4-6H,1-3H3,(H2,13,14,15). The van der Waals surface area contributed by atoms with E-state index in [0.29, 0.717) is 0 Å². The van der Waals surface area contributed by atoms with Crippen LogP contribution >= 0.6 is 27.3 Å². The summed E-state index contributed by atoms with van der Waals surface area (Å²) in [7, 11) is 0. The third-order valence-electron chi connectivity index (χ3n) is 1.92. The number of anilines is 1. The lowest BCUT2D eigenvalue weighted by atomic mass is 10.1. The summed E-state index contributed by atoms with van der Waals surface area (Å²) in [5.74, 6) is 0.882. The lowest BCUT2D eigenvalue weighted by molar-refractivity contribution is 0.630. The molecule has 2 heterocycles. The molecular weight excluding hydrogens is 286 g/mol. The van der Waals surface area contributed by atoms with E-state index in [1.807, 2.05) is 12.1 Å². The van der Waals surface area contributed by atoms with Gasteiger partial charge in [0.1, 0.15) is 5.82 Å². The van der Waals surface area contributed by atoms with E-state index in [1.165, 1.54) is 4.88 Å². The normalized spacial score (nSPS) is 11.8. The van der Waals surface area contributed by atoms with E-state index in [1.54, 1.807) is 11.3 Å². The van der Waals surface area contributed by atoms with Gasteiger partial charge in [0.2, 0.25) is 0 Å². The van der Waals surface area contributed by atoms with Gasteiger partial charge in [0, 0.05) is 11.6 Å². The molecular formula is C11H14BrN3S. The van der Waals surface area contributed by atoms with Crippen LogP contribution in [-0.2, 0) is 0 Å². The Hall–Kier alpha value is -0.810. The Morgan fingerprint density at radius 1 is 1.38 bits per heavy atom. The summed E-state index contributed by atoms with van der Waals surface area (Å²) in [6.07, 6.45) is 0. The monoisotopic (exact) mass is 299 g/mol. The zero-order chi connectivity index (χ0) is 11.8. The maximum absolute atomic E-state index is 4.24. The number of hydrogen-bond acceptors (Lipinski definition) is 3. The Morgan fingerprint density at radius 3 is 2.69 bits per heavy atom. The van der Waals surface area contributed by atoms with Crippen molar-refractivity contribution in [1.29, 1.82) is 0 Å². The Kier molecular flexibility index (Phi) is 3.08. The van der Waals surface area contributed by atoms with E-state index in [2.05, 4.69) is 58.3 Å². The van der Waals surface area contributed by atoms with E-state index in [9.17, 15) is 0 Å². The highest BCUT2D eigenvalue weighted by Gasteiger charge is 2.12. The highest BCUT2D eigenvalue weighted by Crippen LogP contribution is 2.31. The highest BCUT2D eigenvalue weighted by atomic mass is 79.9. The number of hydrogen-bond donors (Lipinski definition) is 2. The molecule has 2 N–H and O–H groups in total. The van der Waals surface area contributed by atoms with E-state index in [-0.39, 0.29) is 5.54 Å². The summed E-state index contributed by atoms with van der Waals surface area (Å²) < 4.78 is 1.13. The van der Waals surface area contributed by atoms with Crippen LogP contribution in [0.1, 0.15) is 20.8 Å². The third-order valence-corrected chi connectivity index (χ3v) is 3.58. The molecule has 0 fully saturated rings. The number of nitrogens with one attached hydrogen (secondary N) is 2. The molecule has 3 nitrogen and oxygen atoms in total. The van der Waals surface area contributed by atoms with E-state index in [4.69, 9.17) is 0 Å². The predicted octanol–water partition coefficient (Wildman–Crippen LogP) is 4.11. The van der Waals surface area contributed by atoms with Crippen LogP contribution in [-0.4, -0.2) is 15.7 Å². The van der Waals surface area contributed by atoms with Gasteiger partial charge < -0.3 is 5.32 Å². The molecule has 0 bridgehead atoms. The molecule has 0 radical (unpaired) electrons. The number of rotatable bonds is 2. The Bertz CT molecular complexity index is 481. The van der Waals surface area contributed by atoms with Gasteiger partial charge in [-0.25, -0.2) is 0 Å². The molecule has 2 aromatic heterocycles. The molecule has 2 rings (SSSR count). The molecule has 0 aliphatic carbocycles. The Balaban J connectivity index is 2.20. The smallest absolute Gasteiger partial charge is 0.148 e. The summed E-state index contributed by atoms with van der Waals surface area (Å²) in [5, 5.41) is 10.6. The van der Waals surface area contributed by atoms with Gasteiger partial charge in [0.15, 0.2) is 0 Å². The van der Waals surface area contributed by atoms with Crippen molar-refractivity contribution >= 4 is 33.1 Å². The van der Waals surface area contributed by atoms with Crippen molar-refractivity contribution < 1.29 is 0 Å². The first-order valence-electron chi connectivity index (χ1n) is 5.03. The van der Waals surface area contributed by atoms with Crippen LogP contribution in [0.2, 0.25) is 0 Å². The van der Waals surface area contributed by atoms with Gasteiger partial charge in [-0.05, 0) is 48.8 Å². The molecule has 0 aromatic carbocycles. The van der Waals surface area contributed by atoms with Gasteiger partial charge in [0.25, 0.3) is 0 Å². The first kappa shape index (κ1) is 11.7. The minimum Gasteiger partial charge on any atom is -0.364 e. The minimum atomic E-state index is 0.0303. The molecule has 16 heavy (non-hydrogen) atoms. The zero-order valence-electron chi connectivity index (χ0n) is 9.47. The van der Waals surface area contributed by atoms with Gasteiger partial charge >= 0.3 is 0 Å². The van der Waals surface area contributed by atoms with Gasteiger partial charge in [-0.15, -0.1) is 11.3 Å². The molecule has 0 unspecified atom stereocenters. The summed E-state index contributed by atoms with van der Waals surface area (Å²) in [4.78, 5) is 1.18. The molecule has 0 spiro atoms. The van der Waals surface area contributed by atoms with Gasteiger partial charge in [0.05, 0.1) is 14.4 Å². The summed E-state index contributed by atoms with van der Waals surface area (Å²) in [6.45, 7) is 6.34. The van der Waals surface area contributed by atoms with Crippen LogP contribution in [0.25, 0.3) is 10.6 Å². The number of halogens is 1. The van der Waals surface area contributed by atoms with Gasteiger partial charge in [-0.3, -0.25) is 5.10 Å². The average molecular weight is 300 g/mol. The molecule has 0 amide bonds. The largest absolute Gasteiger partial charge is 0.364 e. The molecule has 5 heteroatoms. The molecule has 0 aliphatic rings. The second kappa shape index (κ2) is 4.22. The van der Waals surface area contributed by atoms with E-state index >= 15 is 0 Å².